The monoisotopic (exact) mass is 316 g/mol. The molecule has 0 saturated heterocycles. The van der Waals surface area contributed by atoms with Crippen LogP contribution in [0.5, 0.6) is 0 Å². The number of aliphatic imine (C=N–C) groups is 1. The molecule has 23 heavy (non-hydrogen) atoms. The Kier molecular flexibility index (Phi) is 3.54. The first-order chi connectivity index (χ1) is 11.1. The molecule has 1 heterocycles. The van der Waals surface area contributed by atoms with Crippen LogP contribution in [0.25, 0.3) is 0 Å². The number of aliphatic carboxylic acids is 1. The van der Waals surface area contributed by atoms with E-state index in [1.165, 1.54) is 38.5 Å². The van der Waals surface area contributed by atoms with Crippen LogP contribution in [-0.2, 0) is 9.59 Å². The molecule has 5 aliphatic rings. The first kappa shape index (κ1) is 14.9. The van der Waals surface area contributed by atoms with E-state index in [-0.39, 0.29) is 12.0 Å². The predicted octanol–water partition coefficient (Wildman–Crippen LogP) is 2.47. The third-order valence-corrected chi connectivity index (χ3v) is 6.43. The normalized spacial score (nSPS) is 39.2. The van der Waals surface area contributed by atoms with Crippen molar-refractivity contribution in [1.29, 1.82) is 0 Å². The van der Waals surface area contributed by atoms with Crippen molar-refractivity contribution >= 4 is 18.5 Å². The Morgan fingerprint density at radius 1 is 1.30 bits per heavy atom. The minimum atomic E-state index is -1.03. The van der Waals surface area contributed by atoms with E-state index in [1.807, 2.05) is 6.08 Å². The highest BCUT2D eigenvalue weighted by molar-refractivity contribution is 5.87. The van der Waals surface area contributed by atoms with Crippen molar-refractivity contribution in [3.05, 3.63) is 11.8 Å². The van der Waals surface area contributed by atoms with Crippen molar-refractivity contribution in [3.63, 3.8) is 0 Å². The summed E-state index contributed by atoms with van der Waals surface area (Å²) in [6.07, 6.45) is 12.3. The number of carboxylic acids is 1. The molecule has 0 amide bonds. The molecule has 0 spiro atoms. The van der Waals surface area contributed by atoms with Crippen molar-refractivity contribution in [2.45, 2.75) is 50.5 Å². The van der Waals surface area contributed by atoms with Crippen LogP contribution in [0, 0.1) is 23.7 Å². The zero-order valence-electron chi connectivity index (χ0n) is 13.4. The van der Waals surface area contributed by atoms with Crippen LogP contribution in [-0.4, -0.2) is 40.7 Å². The largest absolute Gasteiger partial charge is 0.481 e. The topological polar surface area (TPSA) is 70.0 Å². The number of hydrogen-bond donors (Lipinski definition) is 1. The van der Waals surface area contributed by atoms with Crippen LogP contribution in [0.3, 0.4) is 0 Å². The number of rotatable bonds is 5. The standard InChI is InChI=1S/C18H24N2O3/c21-10-15(17(22)23)6-16-1-2-19-11-20(16)18-7-12-3-13(8-18)5-14(4-12)9-18/h1-2,10,12-15H,3-9,11H2,(H,22,23). The van der Waals surface area contributed by atoms with Gasteiger partial charge < -0.3 is 14.8 Å². The van der Waals surface area contributed by atoms with Gasteiger partial charge in [-0.25, -0.2) is 0 Å². The van der Waals surface area contributed by atoms with E-state index in [1.54, 1.807) is 6.21 Å². The Morgan fingerprint density at radius 3 is 2.43 bits per heavy atom. The lowest BCUT2D eigenvalue weighted by atomic mass is 9.52. The highest BCUT2D eigenvalue weighted by atomic mass is 16.4. The van der Waals surface area contributed by atoms with E-state index in [0.29, 0.717) is 13.0 Å². The summed E-state index contributed by atoms with van der Waals surface area (Å²) >= 11 is 0. The predicted molar refractivity (Wildman–Crippen MR) is 86.0 cm³/mol. The Bertz CT molecular complexity index is 546. The molecule has 4 fully saturated rings. The number of hydrogen-bond acceptors (Lipinski definition) is 4. The lowest BCUT2D eigenvalue weighted by Gasteiger charge is -2.61. The van der Waals surface area contributed by atoms with Crippen molar-refractivity contribution < 1.29 is 14.7 Å². The molecule has 4 saturated carbocycles. The molecular formula is C18H24N2O3. The zero-order valence-corrected chi connectivity index (χ0v) is 13.4. The molecule has 5 rings (SSSR count). The maximum atomic E-state index is 11.2. The number of carbonyl (C=O) groups is 2. The zero-order chi connectivity index (χ0) is 16.0. The second-order valence-electron chi connectivity index (χ2n) is 7.99. The van der Waals surface area contributed by atoms with Crippen molar-refractivity contribution in [2.75, 3.05) is 6.67 Å². The maximum absolute atomic E-state index is 11.2. The molecule has 1 atom stereocenters. The van der Waals surface area contributed by atoms with Crippen LogP contribution in [0.2, 0.25) is 0 Å². The van der Waals surface area contributed by atoms with Gasteiger partial charge in [0.2, 0.25) is 0 Å². The van der Waals surface area contributed by atoms with Gasteiger partial charge in [0.1, 0.15) is 18.9 Å². The molecule has 5 heteroatoms. The molecule has 1 unspecified atom stereocenters. The summed E-state index contributed by atoms with van der Waals surface area (Å²) in [5.74, 6) is 0.497. The fourth-order valence-corrected chi connectivity index (χ4v) is 5.90. The Morgan fingerprint density at radius 2 is 1.91 bits per heavy atom. The highest BCUT2D eigenvalue weighted by Gasteiger charge is 2.54. The first-order valence-electron chi connectivity index (χ1n) is 8.74. The van der Waals surface area contributed by atoms with E-state index < -0.39 is 11.9 Å². The Labute approximate surface area is 136 Å². The van der Waals surface area contributed by atoms with Gasteiger partial charge in [-0.05, 0) is 62.4 Å². The van der Waals surface area contributed by atoms with E-state index in [9.17, 15) is 14.7 Å². The van der Waals surface area contributed by atoms with Gasteiger partial charge in [-0.3, -0.25) is 9.79 Å². The number of carboxylic acid groups (broad SMARTS) is 1. The van der Waals surface area contributed by atoms with Crippen LogP contribution < -0.4 is 0 Å². The quantitative estimate of drug-likeness (QED) is 0.625. The summed E-state index contributed by atoms with van der Waals surface area (Å²) in [5, 5.41) is 9.21. The lowest BCUT2D eigenvalue weighted by Crippen LogP contribution is -2.60. The SMILES string of the molecule is O=CC(CC1=CC=NCN1C12CC3CC(CC(C3)C1)C2)C(=O)O. The molecule has 0 aromatic carbocycles. The van der Waals surface area contributed by atoms with E-state index >= 15 is 0 Å². The summed E-state index contributed by atoms with van der Waals surface area (Å²) in [6.45, 7) is 0.614. The third kappa shape index (κ3) is 2.50. The summed E-state index contributed by atoms with van der Waals surface area (Å²) in [6, 6.07) is 0. The molecule has 4 aliphatic carbocycles. The van der Waals surface area contributed by atoms with Gasteiger partial charge in [0.25, 0.3) is 0 Å². The van der Waals surface area contributed by atoms with Gasteiger partial charge in [0, 0.05) is 23.9 Å². The highest BCUT2D eigenvalue weighted by Crippen LogP contribution is 2.58. The van der Waals surface area contributed by atoms with E-state index in [2.05, 4.69) is 9.89 Å². The molecule has 5 nitrogen and oxygen atoms in total. The average Bonchev–Trinajstić information content (AvgIpc) is 2.51. The molecule has 124 valence electrons. The van der Waals surface area contributed by atoms with Gasteiger partial charge in [-0.15, -0.1) is 0 Å². The molecule has 0 aromatic rings. The third-order valence-electron chi connectivity index (χ3n) is 6.43. The summed E-state index contributed by atoms with van der Waals surface area (Å²) in [4.78, 5) is 29.2. The fourth-order valence-electron chi connectivity index (χ4n) is 5.90. The van der Waals surface area contributed by atoms with Crippen molar-refractivity contribution in [1.82, 2.24) is 4.90 Å². The smallest absolute Gasteiger partial charge is 0.314 e. The lowest BCUT2D eigenvalue weighted by molar-refractivity contribution is -0.143. The Hall–Kier alpha value is -1.65. The number of carbonyl (C=O) groups excluding carboxylic acids is 1. The Balaban J connectivity index is 1.60. The molecule has 1 aliphatic heterocycles. The summed E-state index contributed by atoms with van der Waals surface area (Å²) in [5.41, 5.74) is 1.14. The molecular weight excluding hydrogens is 292 g/mol. The molecule has 4 bridgehead atoms. The number of aldehydes is 1. The second kappa shape index (κ2) is 5.46. The van der Waals surface area contributed by atoms with Gasteiger partial charge in [0.05, 0.1) is 0 Å². The van der Waals surface area contributed by atoms with Crippen LogP contribution in [0.1, 0.15) is 44.9 Å². The van der Waals surface area contributed by atoms with Gasteiger partial charge in [-0.1, -0.05) is 0 Å². The van der Waals surface area contributed by atoms with Crippen molar-refractivity contribution in [2.24, 2.45) is 28.7 Å². The first-order valence-corrected chi connectivity index (χ1v) is 8.74. The molecule has 0 radical (unpaired) electrons. The molecule has 1 N–H and O–H groups in total. The van der Waals surface area contributed by atoms with E-state index in [4.69, 9.17) is 0 Å². The summed E-state index contributed by atoms with van der Waals surface area (Å²) in [7, 11) is 0. The minimum absolute atomic E-state index is 0.157. The minimum Gasteiger partial charge on any atom is -0.481 e. The number of nitrogens with zero attached hydrogens (tertiary/aromatic N) is 2. The van der Waals surface area contributed by atoms with Gasteiger partial charge in [-0.2, -0.15) is 0 Å². The van der Waals surface area contributed by atoms with Gasteiger partial charge >= 0.3 is 5.97 Å². The van der Waals surface area contributed by atoms with Crippen LogP contribution in [0.4, 0.5) is 0 Å². The molecule has 0 aromatic heterocycles. The van der Waals surface area contributed by atoms with E-state index in [0.717, 1.165) is 23.5 Å². The van der Waals surface area contributed by atoms with Crippen LogP contribution >= 0.6 is 0 Å². The second-order valence-corrected chi connectivity index (χ2v) is 7.99. The number of allylic oxidation sites excluding steroid dienone is 2. The average molecular weight is 316 g/mol. The maximum Gasteiger partial charge on any atom is 0.314 e. The summed E-state index contributed by atoms with van der Waals surface area (Å²) < 4.78 is 0. The van der Waals surface area contributed by atoms with Crippen LogP contribution in [0.15, 0.2) is 16.8 Å². The van der Waals surface area contributed by atoms with Crippen molar-refractivity contribution in [3.8, 4) is 0 Å². The van der Waals surface area contributed by atoms with Gasteiger partial charge in [0.15, 0.2) is 0 Å². The fraction of sp³-hybridized carbons (Fsp3) is 0.722.